The summed E-state index contributed by atoms with van der Waals surface area (Å²) in [5.41, 5.74) is 1.12. The molecule has 7 nitrogen and oxygen atoms in total. The van der Waals surface area contributed by atoms with Crippen LogP contribution < -0.4 is 9.62 Å². The molecular formula is C21H29N3O4S. The fraction of sp³-hybridized carbons (Fsp3) is 0.429. The lowest BCUT2D eigenvalue weighted by Crippen LogP contribution is -2.27. The maximum Gasteiger partial charge on any atom is 0.339 e. The third-order valence-electron chi connectivity index (χ3n) is 4.67. The molecule has 0 atom stereocenters. The van der Waals surface area contributed by atoms with E-state index in [1.165, 1.54) is 12.3 Å². The van der Waals surface area contributed by atoms with Gasteiger partial charge in [0.2, 0.25) is 0 Å². The molecule has 1 heterocycles. The smallest absolute Gasteiger partial charge is 0.339 e. The molecule has 158 valence electrons. The molecule has 1 aromatic heterocycles. The van der Waals surface area contributed by atoms with Crippen molar-refractivity contribution in [2.75, 3.05) is 22.7 Å². The SMILES string of the molecule is CCCCN(CC)c1ncc(NS(=O)(=O)c2ccc(C(C)C)cc2)cc1C(=O)O. The van der Waals surface area contributed by atoms with E-state index in [1.54, 1.807) is 24.3 Å². The van der Waals surface area contributed by atoms with Crippen molar-refractivity contribution >= 4 is 27.5 Å². The number of unbranched alkanes of at least 4 members (excludes halogenated alkanes) is 1. The summed E-state index contributed by atoms with van der Waals surface area (Å²) in [4.78, 5) is 18.0. The maximum absolute atomic E-state index is 12.7. The zero-order chi connectivity index (χ0) is 21.6. The van der Waals surface area contributed by atoms with Gasteiger partial charge in [-0.25, -0.2) is 18.2 Å². The van der Waals surface area contributed by atoms with Crippen LogP contribution in [0.3, 0.4) is 0 Å². The van der Waals surface area contributed by atoms with Crippen LogP contribution in [-0.2, 0) is 10.0 Å². The molecule has 0 fully saturated rings. The monoisotopic (exact) mass is 419 g/mol. The van der Waals surface area contributed by atoms with Gasteiger partial charge in [-0.2, -0.15) is 0 Å². The summed E-state index contributed by atoms with van der Waals surface area (Å²) in [5.74, 6) is -0.508. The minimum atomic E-state index is -3.85. The van der Waals surface area contributed by atoms with E-state index in [2.05, 4.69) is 16.6 Å². The summed E-state index contributed by atoms with van der Waals surface area (Å²) in [6, 6.07) is 7.95. The Morgan fingerprint density at radius 1 is 1.21 bits per heavy atom. The van der Waals surface area contributed by atoms with Gasteiger partial charge in [0.1, 0.15) is 11.4 Å². The number of anilines is 2. The van der Waals surface area contributed by atoms with E-state index in [4.69, 9.17) is 0 Å². The third-order valence-corrected chi connectivity index (χ3v) is 6.07. The van der Waals surface area contributed by atoms with E-state index in [-0.39, 0.29) is 16.1 Å². The Balaban J connectivity index is 2.32. The highest BCUT2D eigenvalue weighted by atomic mass is 32.2. The van der Waals surface area contributed by atoms with Crippen molar-refractivity contribution in [3.8, 4) is 0 Å². The molecule has 0 saturated carbocycles. The topological polar surface area (TPSA) is 99.6 Å². The number of nitrogens with one attached hydrogen (secondary N) is 1. The number of carboxylic acid groups (broad SMARTS) is 1. The average Bonchev–Trinajstić information content (AvgIpc) is 2.69. The molecule has 0 radical (unpaired) electrons. The van der Waals surface area contributed by atoms with Crippen LogP contribution in [0.5, 0.6) is 0 Å². The van der Waals surface area contributed by atoms with Gasteiger partial charge in [-0.15, -0.1) is 0 Å². The number of sulfonamides is 1. The normalized spacial score (nSPS) is 11.5. The van der Waals surface area contributed by atoms with Gasteiger partial charge in [0.15, 0.2) is 0 Å². The van der Waals surface area contributed by atoms with Gasteiger partial charge in [-0.3, -0.25) is 4.72 Å². The number of rotatable bonds is 10. The second-order valence-corrected chi connectivity index (χ2v) is 8.85. The van der Waals surface area contributed by atoms with Gasteiger partial charge in [0.25, 0.3) is 10.0 Å². The first kappa shape index (κ1) is 22.7. The lowest BCUT2D eigenvalue weighted by atomic mass is 10.0. The lowest BCUT2D eigenvalue weighted by Gasteiger charge is -2.23. The summed E-state index contributed by atoms with van der Waals surface area (Å²) in [6.45, 7) is 9.35. The summed E-state index contributed by atoms with van der Waals surface area (Å²) >= 11 is 0. The van der Waals surface area contributed by atoms with E-state index >= 15 is 0 Å². The van der Waals surface area contributed by atoms with Gasteiger partial charge in [-0.1, -0.05) is 39.3 Å². The number of pyridine rings is 1. The predicted molar refractivity (Wildman–Crippen MR) is 115 cm³/mol. The van der Waals surface area contributed by atoms with E-state index in [0.29, 0.717) is 24.8 Å². The second-order valence-electron chi connectivity index (χ2n) is 7.16. The molecule has 0 aliphatic rings. The van der Waals surface area contributed by atoms with Gasteiger partial charge < -0.3 is 10.0 Å². The first-order valence-corrected chi connectivity index (χ1v) is 11.3. The van der Waals surface area contributed by atoms with Crippen LogP contribution in [0, 0.1) is 0 Å². The standard InChI is InChI=1S/C21H29N3O4S/c1-5-7-12-24(6-2)20-19(21(25)26)13-17(14-22-20)23-29(27,28)18-10-8-16(9-11-18)15(3)4/h8-11,13-15,23H,5-7,12H2,1-4H3,(H,25,26). The van der Waals surface area contributed by atoms with Crippen LogP contribution in [0.25, 0.3) is 0 Å². The van der Waals surface area contributed by atoms with E-state index < -0.39 is 16.0 Å². The van der Waals surface area contributed by atoms with Crippen molar-refractivity contribution in [3.05, 3.63) is 47.7 Å². The number of aromatic nitrogens is 1. The number of aromatic carboxylic acids is 1. The van der Waals surface area contributed by atoms with Crippen LogP contribution in [0.4, 0.5) is 11.5 Å². The van der Waals surface area contributed by atoms with Crippen LogP contribution >= 0.6 is 0 Å². The zero-order valence-electron chi connectivity index (χ0n) is 17.3. The third kappa shape index (κ3) is 5.69. The van der Waals surface area contributed by atoms with Crippen molar-refractivity contribution in [1.29, 1.82) is 0 Å². The highest BCUT2D eigenvalue weighted by Crippen LogP contribution is 2.24. The zero-order valence-corrected chi connectivity index (χ0v) is 18.2. The minimum Gasteiger partial charge on any atom is -0.478 e. The van der Waals surface area contributed by atoms with Crippen LogP contribution in [0.15, 0.2) is 41.4 Å². The summed E-state index contributed by atoms with van der Waals surface area (Å²) < 4.78 is 27.8. The van der Waals surface area contributed by atoms with Gasteiger partial charge in [0.05, 0.1) is 16.8 Å². The molecule has 8 heteroatoms. The van der Waals surface area contributed by atoms with E-state index in [0.717, 1.165) is 18.4 Å². The van der Waals surface area contributed by atoms with Crippen LogP contribution in [-0.4, -0.2) is 37.6 Å². The van der Waals surface area contributed by atoms with E-state index in [9.17, 15) is 18.3 Å². The Kier molecular flexibility index (Phi) is 7.61. The number of benzene rings is 1. The maximum atomic E-state index is 12.7. The fourth-order valence-electron chi connectivity index (χ4n) is 2.93. The molecule has 0 saturated heterocycles. The molecule has 29 heavy (non-hydrogen) atoms. The Morgan fingerprint density at radius 3 is 2.38 bits per heavy atom. The molecule has 0 unspecified atom stereocenters. The number of nitrogens with zero attached hydrogens (tertiary/aromatic N) is 2. The number of carbonyl (C=O) groups is 1. The van der Waals surface area contributed by atoms with Crippen molar-refractivity contribution in [1.82, 2.24) is 4.98 Å². The van der Waals surface area contributed by atoms with Gasteiger partial charge >= 0.3 is 5.97 Å². The molecule has 0 amide bonds. The van der Waals surface area contributed by atoms with Crippen molar-refractivity contribution in [3.63, 3.8) is 0 Å². The van der Waals surface area contributed by atoms with Gasteiger partial charge in [0, 0.05) is 13.1 Å². The predicted octanol–water partition coefficient (Wildman–Crippen LogP) is 4.33. The Morgan fingerprint density at radius 2 is 1.86 bits per heavy atom. The van der Waals surface area contributed by atoms with Crippen LogP contribution in [0.1, 0.15) is 62.4 Å². The molecule has 0 aliphatic carbocycles. The molecule has 2 aromatic rings. The quantitative estimate of drug-likeness (QED) is 0.595. The number of hydrogen-bond donors (Lipinski definition) is 2. The van der Waals surface area contributed by atoms with Crippen molar-refractivity contribution in [2.24, 2.45) is 0 Å². The molecule has 0 spiro atoms. The lowest BCUT2D eigenvalue weighted by molar-refractivity contribution is 0.0697. The Bertz CT molecular complexity index is 941. The first-order chi connectivity index (χ1) is 13.7. The average molecular weight is 420 g/mol. The summed E-state index contributed by atoms with van der Waals surface area (Å²) in [5, 5.41) is 9.61. The van der Waals surface area contributed by atoms with Crippen molar-refractivity contribution < 1.29 is 18.3 Å². The molecule has 0 aliphatic heterocycles. The first-order valence-electron chi connectivity index (χ1n) is 9.80. The second kappa shape index (κ2) is 9.73. The summed E-state index contributed by atoms with van der Waals surface area (Å²) in [6.07, 6.45) is 3.25. The number of carboxylic acids is 1. The number of hydrogen-bond acceptors (Lipinski definition) is 5. The molecule has 2 rings (SSSR count). The molecule has 2 N–H and O–H groups in total. The van der Waals surface area contributed by atoms with E-state index in [1.807, 2.05) is 25.7 Å². The van der Waals surface area contributed by atoms with Crippen molar-refractivity contribution in [2.45, 2.75) is 51.3 Å². The minimum absolute atomic E-state index is 0.0293. The van der Waals surface area contributed by atoms with Gasteiger partial charge in [-0.05, 0) is 43.0 Å². The Labute approximate surface area is 172 Å². The molecular weight excluding hydrogens is 390 g/mol. The largest absolute Gasteiger partial charge is 0.478 e. The van der Waals surface area contributed by atoms with Crippen LogP contribution in [0.2, 0.25) is 0 Å². The molecule has 0 bridgehead atoms. The Hall–Kier alpha value is -2.61. The molecule has 1 aromatic carbocycles. The summed E-state index contributed by atoms with van der Waals surface area (Å²) in [7, 11) is -3.85. The highest BCUT2D eigenvalue weighted by molar-refractivity contribution is 7.92. The fourth-order valence-corrected chi connectivity index (χ4v) is 3.97. The highest BCUT2D eigenvalue weighted by Gasteiger charge is 2.20.